The van der Waals surface area contributed by atoms with Crippen molar-refractivity contribution in [3.63, 3.8) is 0 Å². The quantitative estimate of drug-likeness (QED) is 0.572. The van der Waals surface area contributed by atoms with Crippen molar-refractivity contribution < 1.29 is 9.59 Å². The van der Waals surface area contributed by atoms with Gasteiger partial charge in [0, 0.05) is 11.1 Å². The number of benzene rings is 2. The molecule has 0 saturated carbocycles. The van der Waals surface area contributed by atoms with Crippen LogP contribution < -0.4 is 10.4 Å². The van der Waals surface area contributed by atoms with Crippen LogP contribution >= 0.6 is 23.2 Å². The van der Waals surface area contributed by atoms with Gasteiger partial charge in [-0.25, -0.2) is 0 Å². The van der Waals surface area contributed by atoms with Crippen molar-refractivity contribution in [2.45, 2.75) is 25.9 Å². The number of hydrogen-bond acceptors (Lipinski definition) is 2. The molecule has 0 bridgehead atoms. The minimum absolute atomic E-state index is 0.443. The highest BCUT2D eigenvalue weighted by molar-refractivity contribution is 7.02. The van der Waals surface area contributed by atoms with Crippen LogP contribution in [-0.4, -0.2) is 18.6 Å². The minimum atomic E-state index is -1.92. The van der Waals surface area contributed by atoms with Crippen LogP contribution in [-0.2, 0) is 0 Å². The zero-order valence-electron chi connectivity index (χ0n) is 13.1. The lowest BCUT2D eigenvalue weighted by molar-refractivity contribution is 0.107. The Morgan fingerprint density at radius 3 is 1.26 bits per heavy atom. The molecule has 2 nitrogen and oxygen atoms in total. The highest BCUT2D eigenvalue weighted by Gasteiger charge is 2.33. The summed E-state index contributed by atoms with van der Waals surface area (Å²) in [5.41, 5.74) is 1.02. The molecule has 0 heterocycles. The second-order valence-electron chi connectivity index (χ2n) is 5.49. The number of carbonyl (C=O) groups excluding carboxylic acids is 2. The van der Waals surface area contributed by atoms with Crippen LogP contribution in [0, 0.1) is 0 Å². The number of hydrogen-bond donors (Lipinski definition) is 0. The Hall–Kier alpha value is -1.42. The molecule has 0 atom stereocenters. The fourth-order valence-corrected chi connectivity index (χ4v) is 7.40. The smallest absolute Gasteiger partial charge is 0.252 e. The summed E-state index contributed by atoms with van der Waals surface area (Å²) >= 11 is 11.1. The highest BCUT2D eigenvalue weighted by atomic mass is 35.5. The minimum Gasteiger partial charge on any atom is -0.276 e. The Balaban J connectivity index is 2.49. The first-order valence-corrected chi connectivity index (χ1v) is 10.7. The van der Waals surface area contributed by atoms with Crippen LogP contribution in [0.1, 0.15) is 34.6 Å². The van der Waals surface area contributed by atoms with Crippen molar-refractivity contribution in [3.05, 3.63) is 59.7 Å². The largest absolute Gasteiger partial charge is 0.276 e. The van der Waals surface area contributed by atoms with Crippen LogP contribution in [0.3, 0.4) is 0 Å². The van der Waals surface area contributed by atoms with E-state index in [1.165, 1.54) is 10.4 Å². The number of halogens is 2. The molecule has 2 rings (SSSR count). The molecule has 0 aromatic heterocycles. The van der Waals surface area contributed by atoms with Crippen LogP contribution in [0.15, 0.2) is 48.5 Å². The average Bonchev–Trinajstić information content (AvgIpc) is 2.57. The van der Waals surface area contributed by atoms with Crippen molar-refractivity contribution in [2.75, 3.05) is 0 Å². The van der Waals surface area contributed by atoms with E-state index >= 15 is 0 Å². The van der Waals surface area contributed by atoms with E-state index in [9.17, 15) is 9.59 Å². The lowest BCUT2D eigenvalue weighted by Crippen LogP contribution is -2.57. The van der Waals surface area contributed by atoms with Crippen molar-refractivity contribution in [2.24, 2.45) is 0 Å². The van der Waals surface area contributed by atoms with Gasteiger partial charge in [0.1, 0.15) is 8.07 Å². The van der Waals surface area contributed by atoms with E-state index in [0.29, 0.717) is 11.1 Å². The van der Waals surface area contributed by atoms with E-state index in [0.717, 1.165) is 12.1 Å². The van der Waals surface area contributed by atoms with E-state index in [2.05, 4.69) is 13.8 Å². The van der Waals surface area contributed by atoms with Gasteiger partial charge in [-0.2, -0.15) is 0 Å². The van der Waals surface area contributed by atoms with Crippen molar-refractivity contribution in [1.82, 2.24) is 0 Å². The molecule has 5 heteroatoms. The molecule has 2 aromatic carbocycles. The first kappa shape index (κ1) is 17.9. The maximum absolute atomic E-state index is 11.2. The molecule has 0 fully saturated rings. The number of rotatable bonds is 6. The van der Waals surface area contributed by atoms with Gasteiger partial charge in [-0.15, -0.1) is 0 Å². The third kappa shape index (κ3) is 3.57. The molecular formula is C18H18Cl2O2Si. The zero-order chi connectivity index (χ0) is 17.0. The normalized spacial score (nSPS) is 11.3. The van der Waals surface area contributed by atoms with Gasteiger partial charge in [-0.05, 0) is 23.2 Å². The molecule has 0 aliphatic rings. The molecule has 0 aliphatic carbocycles. The van der Waals surface area contributed by atoms with Crippen molar-refractivity contribution >= 4 is 52.1 Å². The fraction of sp³-hybridized carbons (Fsp3) is 0.222. The summed E-state index contributed by atoms with van der Waals surface area (Å²) in [7, 11) is -1.92. The van der Waals surface area contributed by atoms with Gasteiger partial charge in [0.15, 0.2) is 0 Å². The Labute approximate surface area is 147 Å². The third-order valence-corrected chi connectivity index (χ3v) is 10.3. The topological polar surface area (TPSA) is 34.1 Å². The van der Waals surface area contributed by atoms with Gasteiger partial charge in [0.25, 0.3) is 10.5 Å². The molecule has 0 radical (unpaired) electrons. The summed E-state index contributed by atoms with van der Waals surface area (Å²) < 4.78 is 0. The second-order valence-corrected chi connectivity index (χ2v) is 10.9. The lowest BCUT2D eigenvalue weighted by atomic mass is 10.2. The summed E-state index contributed by atoms with van der Waals surface area (Å²) in [6.45, 7) is 4.38. The predicted octanol–water partition coefficient (Wildman–Crippen LogP) is 4.05. The van der Waals surface area contributed by atoms with E-state index in [4.69, 9.17) is 23.2 Å². The van der Waals surface area contributed by atoms with E-state index < -0.39 is 18.6 Å². The summed E-state index contributed by atoms with van der Waals surface area (Å²) in [4.78, 5) is 22.5. The van der Waals surface area contributed by atoms with E-state index in [1.807, 2.05) is 24.3 Å². The molecule has 0 unspecified atom stereocenters. The molecule has 0 saturated heterocycles. The van der Waals surface area contributed by atoms with Gasteiger partial charge in [0.2, 0.25) is 0 Å². The Morgan fingerprint density at radius 2 is 1.04 bits per heavy atom. The standard InChI is InChI=1S/C18H18Cl2O2Si/c1-3-23(4-2,15-9-5-13(6-10-15)17(19)21)16-11-7-14(8-12-16)18(20)22/h5-12H,3-4H2,1-2H3. The highest BCUT2D eigenvalue weighted by Crippen LogP contribution is 2.17. The Morgan fingerprint density at radius 1 is 0.739 bits per heavy atom. The van der Waals surface area contributed by atoms with Gasteiger partial charge < -0.3 is 0 Å². The maximum Gasteiger partial charge on any atom is 0.252 e. The molecule has 0 amide bonds. The van der Waals surface area contributed by atoms with Crippen LogP contribution in [0.4, 0.5) is 0 Å². The van der Waals surface area contributed by atoms with Gasteiger partial charge in [0.05, 0.1) is 0 Å². The SMILES string of the molecule is CC[Si](CC)(c1ccc(C(=O)Cl)cc1)c1ccc(C(=O)Cl)cc1. The average molecular weight is 365 g/mol. The molecule has 0 aliphatic heterocycles. The Kier molecular flexibility index (Phi) is 5.79. The van der Waals surface area contributed by atoms with E-state index in [1.54, 1.807) is 24.3 Å². The second kappa shape index (κ2) is 7.43. The number of carbonyl (C=O) groups is 2. The zero-order valence-corrected chi connectivity index (χ0v) is 15.6. The first-order valence-electron chi connectivity index (χ1n) is 7.55. The molecule has 0 N–H and O–H groups in total. The predicted molar refractivity (Wildman–Crippen MR) is 99.2 cm³/mol. The van der Waals surface area contributed by atoms with Gasteiger partial charge in [-0.3, -0.25) is 9.59 Å². The fourth-order valence-electron chi connectivity index (χ4n) is 3.07. The van der Waals surface area contributed by atoms with Crippen LogP contribution in [0.25, 0.3) is 0 Å². The Bertz CT molecular complexity index is 645. The monoisotopic (exact) mass is 364 g/mol. The summed E-state index contributed by atoms with van der Waals surface area (Å²) in [6, 6.07) is 17.2. The molecular weight excluding hydrogens is 347 g/mol. The summed E-state index contributed by atoms with van der Waals surface area (Å²) in [5, 5.41) is 1.63. The van der Waals surface area contributed by atoms with E-state index in [-0.39, 0.29) is 0 Å². The molecule has 23 heavy (non-hydrogen) atoms. The van der Waals surface area contributed by atoms with Gasteiger partial charge in [-0.1, -0.05) is 84.8 Å². The van der Waals surface area contributed by atoms with Crippen molar-refractivity contribution in [3.8, 4) is 0 Å². The first-order chi connectivity index (χ1) is 10.9. The van der Waals surface area contributed by atoms with Crippen LogP contribution in [0.5, 0.6) is 0 Å². The molecule has 0 spiro atoms. The maximum atomic E-state index is 11.2. The lowest BCUT2D eigenvalue weighted by Gasteiger charge is -2.31. The summed E-state index contributed by atoms with van der Waals surface area (Å²) in [5.74, 6) is 0. The summed E-state index contributed by atoms with van der Waals surface area (Å²) in [6.07, 6.45) is 0. The van der Waals surface area contributed by atoms with Gasteiger partial charge >= 0.3 is 0 Å². The van der Waals surface area contributed by atoms with Crippen LogP contribution in [0.2, 0.25) is 12.1 Å². The molecule has 2 aromatic rings. The third-order valence-electron chi connectivity index (χ3n) is 4.54. The van der Waals surface area contributed by atoms with Crippen molar-refractivity contribution in [1.29, 1.82) is 0 Å². The molecule has 120 valence electrons.